The molecular weight excluding hydrogens is 673 g/mol. The average molecular weight is 715 g/mol. The quantitative estimate of drug-likeness (QED) is 0.104. The molecule has 2 N–H and O–H groups in total. The number of aliphatic hydroxyl groups is 1. The lowest BCUT2D eigenvalue weighted by atomic mass is 9.85. The van der Waals surface area contributed by atoms with E-state index in [2.05, 4.69) is 40.5 Å². The number of anilines is 1. The Morgan fingerprint density at radius 2 is 1.17 bits per heavy atom. The maximum absolute atomic E-state index is 15.1. The number of nitrogens with one attached hydrogen (secondary N) is 1. The lowest BCUT2D eigenvalue weighted by Gasteiger charge is -2.23. The standard InChI is InChI=1S/C46H42N4O4/c51-28-27-49(30-34-15-7-2-8-16-34)25-26-50-38-22-21-37(47-29-33-13-5-1-6-14-33)41-42(38)45(48-50)43-39(53-31-35-17-9-3-10-18-35)23-24-40(44(43)46(41)52)54-32-36-19-11-4-12-20-36/h1-24,47,51H,25-32H2. The Bertz CT molecular complexity index is 2350. The smallest absolute Gasteiger partial charge is 0.200 e. The molecule has 0 fully saturated rings. The van der Waals surface area contributed by atoms with Gasteiger partial charge >= 0.3 is 0 Å². The van der Waals surface area contributed by atoms with Crippen molar-refractivity contribution in [2.75, 3.05) is 25.0 Å². The highest BCUT2D eigenvalue weighted by Gasteiger charge is 2.36. The van der Waals surface area contributed by atoms with Crippen molar-refractivity contribution < 1.29 is 19.4 Å². The van der Waals surface area contributed by atoms with Crippen LogP contribution in [0.3, 0.4) is 0 Å². The summed E-state index contributed by atoms with van der Waals surface area (Å²) in [6.07, 6.45) is 0. The molecule has 0 aliphatic heterocycles. The van der Waals surface area contributed by atoms with Gasteiger partial charge in [-0.25, -0.2) is 0 Å². The minimum atomic E-state index is -0.141. The van der Waals surface area contributed by atoms with Gasteiger partial charge in [0.1, 0.15) is 30.4 Å². The van der Waals surface area contributed by atoms with Crippen LogP contribution in [0, 0.1) is 0 Å². The van der Waals surface area contributed by atoms with Crippen molar-refractivity contribution >= 4 is 22.4 Å². The molecule has 54 heavy (non-hydrogen) atoms. The molecule has 1 aromatic heterocycles. The van der Waals surface area contributed by atoms with E-state index in [1.165, 1.54) is 5.56 Å². The van der Waals surface area contributed by atoms with Crippen molar-refractivity contribution in [3.05, 3.63) is 179 Å². The van der Waals surface area contributed by atoms with Crippen LogP contribution < -0.4 is 14.8 Å². The highest BCUT2D eigenvalue weighted by Crippen LogP contribution is 2.49. The molecule has 1 heterocycles. The normalized spacial score (nSPS) is 11.9. The number of hydrogen-bond acceptors (Lipinski definition) is 7. The van der Waals surface area contributed by atoms with E-state index in [4.69, 9.17) is 14.6 Å². The fourth-order valence-corrected chi connectivity index (χ4v) is 7.14. The van der Waals surface area contributed by atoms with Crippen LogP contribution in [0.25, 0.3) is 22.2 Å². The van der Waals surface area contributed by atoms with Crippen LogP contribution in [-0.4, -0.2) is 45.3 Å². The van der Waals surface area contributed by atoms with E-state index in [9.17, 15) is 5.11 Å². The highest BCUT2D eigenvalue weighted by molar-refractivity contribution is 6.29. The minimum Gasteiger partial charge on any atom is -0.488 e. The number of fused-ring (bicyclic) bond motifs is 2. The molecule has 8 rings (SSSR count). The summed E-state index contributed by atoms with van der Waals surface area (Å²) in [5.74, 6) is 0.909. The van der Waals surface area contributed by atoms with Gasteiger partial charge in [-0.2, -0.15) is 5.10 Å². The summed E-state index contributed by atoms with van der Waals surface area (Å²) in [6, 6.07) is 48.1. The zero-order valence-corrected chi connectivity index (χ0v) is 30.0. The van der Waals surface area contributed by atoms with Crippen LogP contribution in [0.5, 0.6) is 11.5 Å². The summed E-state index contributed by atoms with van der Waals surface area (Å²) >= 11 is 0. The average Bonchev–Trinajstić information content (AvgIpc) is 3.59. The van der Waals surface area contributed by atoms with Crippen LogP contribution in [0.15, 0.2) is 146 Å². The summed E-state index contributed by atoms with van der Waals surface area (Å²) in [5.41, 5.74) is 8.22. The summed E-state index contributed by atoms with van der Waals surface area (Å²) in [5, 5.41) is 19.6. The third kappa shape index (κ3) is 7.48. The van der Waals surface area contributed by atoms with Crippen molar-refractivity contribution in [2.45, 2.75) is 32.8 Å². The molecule has 0 unspecified atom stereocenters. The van der Waals surface area contributed by atoms with Gasteiger partial charge in [0.2, 0.25) is 0 Å². The molecule has 6 aromatic carbocycles. The Kier molecular flexibility index (Phi) is 10.5. The zero-order chi connectivity index (χ0) is 36.7. The monoisotopic (exact) mass is 714 g/mol. The van der Waals surface area contributed by atoms with Crippen molar-refractivity contribution in [1.29, 1.82) is 0 Å². The first kappa shape index (κ1) is 34.8. The van der Waals surface area contributed by atoms with Gasteiger partial charge in [0, 0.05) is 37.3 Å². The van der Waals surface area contributed by atoms with Crippen molar-refractivity contribution in [2.24, 2.45) is 0 Å². The highest BCUT2D eigenvalue weighted by atomic mass is 16.5. The van der Waals surface area contributed by atoms with Gasteiger partial charge in [-0.05, 0) is 46.5 Å². The molecule has 1 aliphatic carbocycles. The van der Waals surface area contributed by atoms with Crippen LogP contribution in [0.1, 0.15) is 38.2 Å². The number of benzene rings is 6. The number of nitrogens with zero attached hydrogens (tertiary/aromatic N) is 3. The Balaban J connectivity index is 1.23. The van der Waals surface area contributed by atoms with Gasteiger partial charge < -0.3 is 19.9 Å². The maximum Gasteiger partial charge on any atom is 0.200 e. The second-order valence-electron chi connectivity index (χ2n) is 13.5. The molecule has 270 valence electrons. The second kappa shape index (κ2) is 16.2. The first-order valence-corrected chi connectivity index (χ1v) is 18.4. The maximum atomic E-state index is 15.1. The molecule has 0 saturated heterocycles. The Morgan fingerprint density at radius 3 is 1.76 bits per heavy atom. The van der Waals surface area contributed by atoms with Crippen molar-refractivity contribution in [1.82, 2.24) is 14.7 Å². The third-order valence-corrected chi connectivity index (χ3v) is 9.83. The topological polar surface area (TPSA) is 88.9 Å². The fourth-order valence-electron chi connectivity index (χ4n) is 7.14. The molecule has 0 saturated carbocycles. The molecule has 0 spiro atoms. The van der Waals surface area contributed by atoms with Gasteiger partial charge in [-0.15, -0.1) is 0 Å². The number of ketones is 1. The summed E-state index contributed by atoms with van der Waals surface area (Å²) in [4.78, 5) is 17.3. The molecule has 1 aliphatic rings. The van der Waals surface area contributed by atoms with Crippen molar-refractivity contribution in [3.8, 4) is 22.8 Å². The fraction of sp³-hybridized carbons (Fsp3) is 0.174. The minimum absolute atomic E-state index is 0.0499. The summed E-state index contributed by atoms with van der Waals surface area (Å²) in [7, 11) is 0. The van der Waals surface area contributed by atoms with Crippen molar-refractivity contribution in [3.63, 3.8) is 0 Å². The van der Waals surface area contributed by atoms with Crippen LogP contribution in [-0.2, 0) is 32.8 Å². The number of aromatic nitrogens is 2. The van der Waals surface area contributed by atoms with Gasteiger partial charge in [0.25, 0.3) is 0 Å². The Morgan fingerprint density at radius 1 is 0.611 bits per heavy atom. The van der Waals surface area contributed by atoms with E-state index in [1.54, 1.807) is 0 Å². The van der Waals surface area contributed by atoms with Gasteiger partial charge in [-0.1, -0.05) is 121 Å². The predicted octanol–water partition coefficient (Wildman–Crippen LogP) is 8.51. The van der Waals surface area contributed by atoms with Gasteiger partial charge in [-0.3, -0.25) is 14.4 Å². The Hall–Kier alpha value is -6.22. The Labute approximate surface area is 315 Å². The molecule has 8 nitrogen and oxygen atoms in total. The van der Waals surface area contributed by atoms with Gasteiger partial charge in [0.05, 0.1) is 35.4 Å². The first-order chi connectivity index (χ1) is 26.7. The van der Waals surface area contributed by atoms with E-state index >= 15 is 4.79 Å². The molecular formula is C46H42N4O4. The van der Waals surface area contributed by atoms with Crippen LogP contribution >= 0.6 is 0 Å². The molecule has 0 radical (unpaired) electrons. The van der Waals surface area contributed by atoms with E-state index < -0.39 is 0 Å². The number of carbonyl (C=O) groups is 1. The summed E-state index contributed by atoms with van der Waals surface area (Å²) < 4.78 is 15.0. The molecule has 7 aromatic rings. The van der Waals surface area contributed by atoms with Crippen LogP contribution in [0.2, 0.25) is 0 Å². The van der Waals surface area contributed by atoms with E-state index in [-0.39, 0.29) is 12.4 Å². The summed E-state index contributed by atoms with van der Waals surface area (Å²) in [6.45, 7) is 3.66. The van der Waals surface area contributed by atoms with Crippen LogP contribution in [0.4, 0.5) is 5.69 Å². The van der Waals surface area contributed by atoms with E-state index in [0.717, 1.165) is 33.3 Å². The predicted molar refractivity (Wildman–Crippen MR) is 213 cm³/mol. The second-order valence-corrected chi connectivity index (χ2v) is 13.5. The first-order valence-electron chi connectivity index (χ1n) is 18.4. The number of hydrogen-bond donors (Lipinski definition) is 2. The number of carbonyl (C=O) groups excluding carboxylic acids is 1. The third-order valence-electron chi connectivity index (χ3n) is 9.83. The molecule has 0 amide bonds. The van der Waals surface area contributed by atoms with E-state index in [0.29, 0.717) is 79.8 Å². The lowest BCUT2D eigenvalue weighted by molar-refractivity contribution is 0.103. The number of ether oxygens (including phenoxy) is 2. The lowest BCUT2D eigenvalue weighted by Crippen LogP contribution is -2.30. The van der Waals surface area contributed by atoms with Gasteiger partial charge in [0.15, 0.2) is 5.78 Å². The molecule has 0 atom stereocenters. The van der Waals surface area contributed by atoms with E-state index in [1.807, 2.05) is 120 Å². The SMILES string of the molecule is O=C1c2c(OCc3ccccc3)ccc(OCc3ccccc3)c2-c2nn(CCN(CCO)Cc3ccccc3)c3ccc(NCc4ccccc4)c1c23. The largest absolute Gasteiger partial charge is 0.488 e. The number of aliphatic hydroxyl groups excluding tert-OH is 1. The zero-order valence-electron chi connectivity index (χ0n) is 30.0. The molecule has 8 heteroatoms. The number of rotatable bonds is 16. The molecule has 0 bridgehead atoms.